The van der Waals surface area contributed by atoms with Crippen molar-refractivity contribution in [1.29, 1.82) is 0 Å². The molecule has 1 fully saturated rings. The van der Waals surface area contributed by atoms with Crippen LogP contribution in [0.25, 0.3) is 16.8 Å². The van der Waals surface area contributed by atoms with Gasteiger partial charge in [0.2, 0.25) is 5.91 Å². The van der Waals surface area contributed by atoms with Gasteiger partial charge in [0.1, 0.15) is 18.0 Å². The van der Waals surface area contributed by atoms with Gasteiger partial charge in [0.05, 0.1) is 6.61 Å². The number of carbonyl (C=O) groups excluding carboxylic acids is 3. The molecule has 7 heteroatoms. The van der Waals surface area contributed by atoms with Crippen LogP contribution in [0.5, 0.6) is 5.75 Å². The summed E-state index contributed by atoms with van der Waals surface area (Å²) in [6, 6.07) is 18.0. The topological polar surface area (TPSA) is 87.7 Å². The van der Waals surface area contributed by atoms with E-state index in [-0.39, 0.29) is 12.2 Å². The Hall–Kier alpha value is -4.13. The molecule has 3 aromatic rings. The van der Waals surface area contributed by atoms with Crippen molar-refractivity contribution >= 4 is 40.4 Å². The molecule has 0 radical (unpaired) electrons. The van der Waals surface area contributed by atoms with Gasteiger partial charge >= 0.3 is 6.03 Å². The van der Waals surface area contributed by atoms with E-state index in [4.69, 9.17) is 4.74 Å². The van der Waals surface area contributed by atoms with Gasteiger partial charge in [-0.15, -0.1) is 0 Å². The Morgan fingerprint density at radius 1 is 1.03 bits per heavy atom. The summed E-state index contributed by atoms with van der Waals surface area (Å²) in [6.07, 6.45) is 1.62. The van der Waals surface area contributed by atoms with Crippen molar-refractivity contribution in [3.8, 4) is 5.75 Å². The molecule has 162 valence electrons. The van der Waals surface area contributed by atoms with Gasteiger partial charge in [-0.2, -0.15) is 0 Å². The lowest BCUT2D eigenvalue weighted by Crippen LogP contribution is -2.38. The molecule has 1 saturated heterocycles. The van der Waals surface area contributed by atoms with Gasteiger partial charge in [-0.25, -0.2) is 9.69 Å². The molecule has 0 bridgehead atoms. The molecule has 0 saturated carbocycles. The maximum absolute atomic E-state index is 12.8. The third kappa shape index (κ3) is 4.32. The minimum atomic E-state index is -0.629. The van der Waals surface area contributed by atoms with E-state index in [1.165, 1.54) is 0 Å². The number of anilines is 1. The summed E-state index contributed by atoms with van der Waals surface area (Å²) in [5.41, 5.74) is 2.55. The van der Waals surface area contributed by atoms with Crippen molar-refractivity contribution in [2.45, 2.75) is 13.8 Å². The number of benzene rings is 3. The number of hydrogen-bond acceptors (Lipinski definition) is 4. The molecule has 1 heterocycles. The molecule has 0 aromatic heterocycles. The van der Waals surface area contributed by atoms with Crippen molar-refractivity contribution in [2.24, 2.45) is 0 Å². The van der Waals surface area contributed by atoms with E-state index in [2.05, 4.69) is 10.6 Å². The molecule has 32 heavy (non-hydrogen) atoms. The Bertz CT molecular complexity index is 1230. The third-order valence-electron chi connectivity index (χ3n) is 5.12. The first kappa shape index (κ1) is 21.1. The summed E-state index contributed by atoms with van der Waals surface area (Å²) in [7, 11) is 0. The number of imide groups is 1. The van der Waals surface area contributed by atoms with Gasteiger partial charge in [0, 0.05) is 11.1 Å². The van der Waals surface area contributed by atoms with Crippen molar-refractivity contribution in [3.05, 3.63) is 77.5 Å². The zero-order valence-corrected chi connectivity index (χ0v) is 17.8. The fourth-order valence-electron chi connectivity index (χ4n) is 3.55. The number of ether oxygens (including phenoxy) is 1. The van der Waals surface area contributed by atoms with Crippen LogP contribution in [-0.2, 0) is 9.59 Å². The quantitative estimate of drug-likeness (QED) is 0.457. The van der Waals surface area contributed by atoms with Crippen molar-refractivity contribution in [2.75, 3.05) is 18.5 Å². The van der Waals surface area contributed by atoms with Crippen LogP contribution in [0.15, 0.2) is 66.4 Å². The van der Waals surface area contributed by atoms with Crippen LogP contribution in [0.2, 0.25) is 0 Å². The number of fused-ring (bicyclic) bond motifs is 1. The molecular formula is C25H23N3O4. The first-order valence-electron chi connectivity index (χ1n) is 10.3. The van der Waals surface area contributed by atoms with Gasteiger partial charge in [0.25, 0.3) is 5.91 Å². The lowest BCUT2D eigenvalue weighted by atomic mass is 10.0. The summed E-state index contributed by atoms with van der Waals surface area (Å²) in [5.74, 6) is -0.251. The first-order valence-corrected chi connectivity index (χ1v) is 10.3. The standard InChI is InChI=1S/C25H23N3O4/c1-3-32-22-13-10-17(19-6-4-5-7-20(19)22)14-21-24(30)28(25(31)27-21)15-23(29)26-18-11-8-16(2)9-12-18/h4-14H,3,15H2,1-2H3,(H,26,29)(H,27,31)/b21-14+. The zero-order valence-electron chi connectivity index (χ0n) is 17.8. The Kier molecular flexibility index (Phi) is 5.89. The van der Waals surface area contributed by atoms with Crippen LogP contribution < -0.4 is 15.4 Å². The number of nitrogens with one attached hydrogen (secondary N) is 2. The average molecular weight is 429 g/mol. The van der Waals surface area contributed by atoms with Gasteiger partial charge in [-0.05, 0) is 49.1 Å². The molecule has 0 unspecified atom stereocenters. The van der Waals surface area contributed by atoms with Crippen molar-refractivity contribution < 1.29 is 19.1 Å². The highest BCUT2D eigenvalue weighted by Gasteiger charge is 2.35. The molecule has 0 spiro atoms. The largest absolute Gasteiger partial charge is 0.493 e. The fourth-order valence-corrected chi connectivity index (χ4v) is 3.55. The van der Waals surface area contributed by atoms with E-state index in [0.29, 0.717) is 12.3 Å². The SMILES string of the molecule is CCOc1ccc(/C=C2/NC(=O)N(CC(=O)Nc3ccc(C)cc3)C2=O)c2ccccc12. The molecule has 2 N–H and O–H groups in total. The Morgan fingerprint density at radius 3 is 2.47 bits per heavy atom. The van der Waals surface area contributed by atoms with Gasteiger partial charge in [-0.3, -0.25) is 9.59 Å². The Labute approximate surface area is 185 Å². The summed E-state index contributed by atoms with van der Waals surface area (Å²) in [5, 5.41) is 7.07. The average Bonchev–Trinajstić information content (AvgIpc) is 3.04. The minimum absolute atomic E-state index is 0.118. The lowest BCUT2D eigenvalue weighted by molar-refractivity contribution is -0.127. The summed E-state index contributed by atoms with van der Waals surface area (Å²) in [6.45, 7) is 4.03. The van der Waals surface area contributed by atoms with Crippen LogP contribution in [0.4, 0.5) is 10.5 Å². The third-order valence-corrected chi connectivity index (χ3v) is 5.12. The van der Waals surface area contributed by atoms with Crippen LogP contribution in [0.1, 0.15) is 18.1 Å². The van der Waals surface area contributed by atoms with Gasteiger partial charge < -0.3 is 15.4 Å². The molecule has 4 rings (SSSR count). The van der Waals surface area contributed by atoms with E-state index in [1.807, 2.05) is 62.4 Å². The number of amides is 4. The summed E-state index contributed by atoms with van der Waals surface area (Å²) in [4.78, 5) is 38.5. The van der Waals surface area contributed by atoms with Crippen LogP contribution in [0.3, 0.4) is 0 Å². The summed E-state index contributed by atoms with van der Waals surface area (Å²) < 4.78 is 5.69. The van der Waals surface area contributed by atoms with E-state index in [9.17, 15) is 14.4 Å². The highest BCUT2D eigenvalue weighted by molar-refractivity contribution is 6.16. The fraction of sp³-hybridized carbons (Fsp3) is 0.160. The second-order valence-electron chi connectivity index (χ2n) is 7.43. The predicted octanol–water partition coefficient (Wildman–Crippen LogP) is 4.08. The molecular weight excluding hydrogens is 406 g/mol. The van der Waals surface area contributed by atoms with E-state index in [1.54, 1.807) is 18.2 Å². The number of urea groups is 1. The highest BCUT2D eigenvalue weighted by atomic mass is 16.5. The molecule has 1 aliphatic heterocycles. The number of hydrogen-bond donors (Lipinski definition) is 2. The molecule has 0 atom stereocenters. The maximum atomic E-state index is 12.8. The maximum Gasteiger partial charge on any atom is 0.329 e. The molecule has 0 aliphatic carbocycles. The van der Waals surface area contributed by atoms with Crippen LogP contribution in [-0.4, -0.2) is 35.9 Å². The van der Waals surface area contributed by atoms with Crippen LogP contribution in [0, 0.1) is 6.92 Å². The van der Waals surface area contributed by atoms with Crippen molar-refractivity contribution in [3.63, 3.8) is 0 Å². The number of rotatable bonds is 6. The van der Waals surface area contributed by atoms with E-state index in [0.717, 1.165) is 32.5 Å². The molecule has 4 amide bonds. The monoisotopic (exact) mass is 429 g/mol. The van der Waals surface area contributed by atoms with Gasteiger partial charge in [-0.1, -0.05) is 48.0 Å². The minimum Gasteiger partial charge on any atom is -0.493 e. The molecule has 7 nitrogen and oxygen atoms in total. The Balaban J connectivity index is 1.54. The van der Waals surface area contributed by atoms with Gasteiger partial charge in [0.15, 0.2) is 0 Å². The van der Waals surface area contributed by atoms with E-state index < -0.39 is 17.8 Å². The predicted molar refractivity (Wildman–Crippen MR) is 123 cm³/mol. The Morgan fingerprint density at radius 2 is 1.75 bits per heavy atom. The first-order chi connectivity index (χ1) is 15.5. The normalized spacial score (nSPS) is 14.7. The zero-order chi connectivity index (χ0) is 22.7. The molecule has 1 aliphatic rings. The second kappa shape index (κ2) is 8.93. The molecule has 3 aromatic carbocycles. The number of carbonyl (C=O) groups is 3. The second-order valence-corrected chi connectivity index (χ2v) is 7.43. The van der Waals surface area contributed by atoms with Crippen LogP contribution >= 0.6 is 0 Å². The van der Waals surface area contributed by atoms with E-state index >= 15 is 0 Å². The lowest BCUT2D eigenvalue weighted by Gasteiger charge is -2.12. The highest BCUT2D eigenvalue weighted by Crippen LogP contribution is 2.30. The number of nitrogens with zero attached hydrogens (tertiary/aromatic N) is 1. The number of aryl methyl sites for hydroxylation is 1. The summed E-state index contributed by atoms with van der Waals surface area (Å²) >= 11 is 0. The van der Waals surface area contributed by atoms with Crippen molar-refractivity contribution in [1.82, 2.24) is 10.2 Å². The smallest absolute Gasteiger partial charge is 0.329 e.